The molecule has 0 fully saturated rings. The van der Waals surface area contributed by atoms with Crippen LogP contribution < -0.4 is 10.1 Å². The molecule has 5 rings (SSSR count). The van der Waals surface area contributed by atoms with Gasteiger partial charge in [-0.05, 0) is 42.5 Å². The summed E-state index contributed by atoms with van der Waals surface area (Å²) in [6.45, 7) is 1.08. The molecule has 0 saturated heterocycles. The van der Waals surface area contributed by atoms with Crippen LogP contribution in [0.3, 0.4) is 0 Å². The van der Waals surface area contributed by atoms with Crippen LogP contribution in [0.2, 0.25) is 0 Å². The number of anilines is 2. The standard InChI is InChI=1S/C24H16F6N6O.C2H4O2/c1-36-19-7-6-15(10-17(19)34-22(36)33-14-4-2-13(3-5-14)23(25,26)27)37-16-8-9-31-18(11-16)21-32-12-20(35-21)24(28,29)30;1-2(3)4/h2-12H,1H3,(H,32,35)(H,33,34);1H3,(H,3,4). The van der Waals surface area contributed by atoms with Gasteiger partial charge in [-0.1, -0.05) is 0 Å². The third kappa shape index (κ3) is 7.12. The van der Waals surface area contributed by atoms with Gasteiger partial charge in [0.1, 0.15) is 22.9 Å². The highest BCUT2D eigenvalue weighted by Crippen LogP contribution is 2.33. The average molecular weight is 578 g/mol. The van der Waals surface area contributed by atoms with Crippen molar-refractivity contribution in [3.8, 4) is 23.0 Å². The van der Waals surface area contributed by atoms with Crippen molar-refractivity contribution >= 4 is 28.6 Å². The van der Waals surface area contributed by atoms with E-state index in [2.05, 4.69) is 25.3 Å². The van der Waals surface area contributed by atoms with Crippen molar-refractivity contribution in [1.82, 2.24) is 24.5 Å². The van der Waals surface area contributed by atoms with Crippen molar-refractivity contribution in [3.63, 3.8) is 0 Å². The van der Waals surface area contributed by atoms with E-state index in [-0.39, 0.29) is 11.5 Å². The summed E-state index contributed by atoms with van der Waals surface area (Å²) in [5.41, 5.74) is 0.125. The molecular formula is C26H20F6N6O3. The lowest BCUT2D eigenvalue weighted by atomic mass is 10.2. The van der Waals surface area contributed by atoms with Crippen LogP contribution >= 0.6 is 0 Å². The molecule has 0 aliphatic heterocycles. The molecule has 2 aromatic carbocycles. The number of ether oxygens (including phenoxy) is 1. The number of nitrogens with one attached hydrogen (secondary N) is 2. The van der Waals surface area contributed by atoms with E-state index in [9.17, 15) is 26.3 Å². The quantitative estimate of drug-likeness (QED) is 0.192. The van der Waals surface area contributed by atoms with Crippen LogP contribution in [-0.4, -0.2) is 35.6 Å². The van der Waals surface area contributed by atoms with Crippen molar-refractivity contribution in [2.45, 2.75) is 19.3 Å². The van der Waals surface area contributed by atoms with E-state index < -0.39 is 29.6 Å². The van der Waals surface area contributed by atoms with Crippen molar-refractivity contribution in [2.75, 3.05) is 5.32 Å². The lowest BCUT2D eigenvalue weighted by Gasteiger charge is -2.09. The zero-order chi connectivity index (χ0) is 29.9. The van der Waals surface area contributed by atoms with Crippen LogP contribution in [0, 0.1) is 0 Å². The van der Waals surface area contributed by atoms with E-state index in [1.54, 1.807) is 29.8 Å². The van der Waals surface area contributed by atoms with E-state index in [1.165, 1.54) is 30.5 Å². The Balaban J connectivity index is 0.000000909. The number of pyridine rings is 1. The molecule has 0 saturated carbocycles. The number of aryl methyl sites for hydroxylation is 1. The molecule has 0 radical (unpaired) electrons. The van der Waals surface area contributed by atoms with Crippen molar-refractivity contribution in [1.29, 1.82) is 0 Å². The molecule has 3 aromatic heterocycles. The largest absolute Gasteiger partial charge is 0.481 e. The van der Waals surface area contributed by atoms with Gasteiger partial charge in [0, 0.05) is 38.0 Å². The smallest absolute Gasteiger partial charge is 0.432 e. The Bertz CT molecular complexity index is 1670. The SMILES string of the molecule is CC(=O)O.Cn1c(Nc2ccc(C(F)(F)F)cc2)nc2cc(Oc3ccnc(-c4ncc(C(F)(F)F)[nH]4)c3)ccc21. The number of nitrogens with zero attached hydrogens (tertiary/aromatic N) is 4. The Labute approximate surface area is 227 Å². The second-order valence-electron chi connectivity index (χ2n) is 8.49. The Morgan fingerprint density at radius 2 is 1.61 bits per heavy atom. The number of hydrogen-bond donors (Lipinski definition) is 3. The minimum Gasteiger partial charge on any atom is -0.481 e. The van der Waals surface area contributed by atoms with Crippen molar-refractivity contribution in [3.05, 3.63) is 78.2 Å². The minimum atomic E-state index is -4.56. The van der Waals surface area contributed by atoms with Crippen LogP contribution in [0.25, 0.3) is 22.6 Å². The molecule has 15 heteroatoms. The molecule has 0 aliphatic rings. The van der Waals surface area contributed by atoms with Crippen LogP contribution in [0.5, 0.6) is 11.5 Å². The number of carboxylic acid groups (broad SMARTS) is 1. The van der Waals surface area contributed by atoms with Gasteiger partial charge in [-0.2, -0.15) is 26.3 Å². The number of fused-ring (bicyclic) bond motifs is 1. The Hall–Kier alpha value is -5.08. The number of halogens is 6. The Morgan fingerprint density at radius 1 is 0.951 bits per heavy atom. The number of aliphatic carboxylic acids is 1. The first kappa shape index (κ1) is 28.9. The minimum absolute atomic E-state index is 0.0584. The van der Waals surface area contributed by atoms with E-state index in [0.29, 0.717) is 34.8 Å². The highest BCUT2D eigenvalue weighted by atomic mass is 19.4. The van der Waals surface area contributed by atoms with Gasteiger partial charge in [-0.3, -0.25) is 9.78 Å². The average Bonchev–Trinajstić information content (AvgIpc) is 3.49. The maximum Gasteiger partial charge on any atom is 0.432 e. The third-order valence-electron chi connectivity index (χ3n) is 5.41. The summed E-state index contributed by atoms with van der Waals surface area (Å²) in [4.78, 5) is 23.5. The third-order valence-corrected chi connectivity index (χ3v) is 5.41. The number of carbonyl (C=O) groups is 1. The lowest BCUT2D eigenvalue weighted by molar-refractivity contribution is -0.141. The monoisotopic (exact) mass is 578 g/mol. The molecule has 3 N–H and O–H groups in total. The number of aromatic amines is 1. The molecule has 214 valence electrons. The first-order chi connectivity index (χ1) is 19.2. The lowest BCUT2D eigenvalue weighted by Crippen LogP contribution is -2.05. The number of aromatic nitrogens is 5. The molecular weight excluding hydrogens is 558 g/mol. The first-order valence-electron chi connectivity index (χ1n) is 11.6. The molecule has 3 heterocycles. The molecule has 0 atom stereocenters. The van der Waals surface area contributed by atoms with Gasteiger partial charge in [-0.15, -0.1) is 0 Å². The number of H-pyrrole nitrogens is 1. The molecule has 0 bridgehead atoms. The zero-order valence-corrected chi connectivity index (χ0v) is 21.2. The number of rotatable bonds is 5. The fraction of sp³-hybridized carbons (Fsp3) is 0.154. The number of alkyl halides is 6. The molecule has 0 unspecified atom stereocenters. The van der Waals surface area contributed by atoms with Gasteiger partial charge in [-0.25, -0.2) is 9.97 Å². The van der Waals surface area contributed by atoms with Gasteiger partial charge < -0.3 is 24.7 Å². The molecule has 9 nitrogen and oxygen atoms in total. The normalized spacial score (nSPS) is 11.6. The number of benzene rings is 2. The van der Waals surface area contributed by atoms with Crippen molar-refractivity contribution < 1.29 is 41.0 Å². The molecule has 0 aliphatic carbocycles. The number of imidazole rings is 2. The predicted octanol–water partition coefficient (Wildman–Crippen LogP) is 7.02. The van der Waals surface area contributed by atoms with E-state index in [4.69, 9.17) is 14.6 Å². The topological polar surface area (TPSA) is 118 Å². The summed E-state index contributed by atoms with van der Waals surface area (Å²) < 4.78 is 84.5. The fourth-order valence-corrected chi connectivity index (χ4v) is 3.56. The van der Waals surface area contributed by atoms with E-state index >= 15 is 0 Å². The van der Waals surface area contributed by atoms with Gasteiger partial charge in [0.25, 0.3) is 5.97 Å². The highest BCUT2D eigenvalue weighted by Gasteiger charge is 2.33. The maximum absolute atomic E-state index is 12.9. The summed E-state index contributed by atoms with van der Waals surface area (Å²) in [6.07, 6.45) is -6.91. The van der Waals surface area contributed by atoms with Crippen LogP contribution in [0.4, 0.5) is 38.0 Å². The Morgan fingerprint density at radius 3 is 2.22 bits per heavy atom. The second-order valence-corrected chi connectivity index (χ2v) is 8.49. The van der Waals surface area contributed by atoms with Gasteiger partial charge in [0.2, 0.25) is 5.95 Å². The maximum atomic E-state index is 12.9. The highest BCUT2D eigenvalue weighted by molar-refractivity contribution is 5.81. The van der Waals surface area contributed by atoms with E-state index in [0.717, 1.165) is 24.6 Å². The summed E-state index contributed by atoms with van der Waals surface area (Å²) in [6, 6.07) is 12.7. The molecule has 0 spiro atoms. The van der Waals surface area contributed by atoms with Crippen LogP contribution in [0.1, 0.15) is 18.2 Å². The van der Waals surface area contributed by atoms with Gasteiger partial charge >= 0.3 is 12.4 Å². The molecule has 41 heavy (non-hydrogen) atoms. The molecule has 5 aromatic rings. The van der Waals surface area contributed by atoms with Gasteiger partial charge in [0.15, 0.2) is 5.82 Å². The second kappa shape index (κ2) is 11.2. The van der Waals surface area contributed by atoms with Crippen LogP contribution in [0.15, 0.2) is 67.0 Å². The summed E-state index contributed by atoms with van der Waals surface area (Å²) in [5.74, 6) is 0.223. The zero-order valence-electron chi connectivity index (χ0n) is 21.2. The molecule has 0 amide bonds. The fourth-order valence-electron chi connectivity index (χ4n) is 3.56. The summed E-state index contributed by atoms with van der Waals surface area (Å²) in [7, 11) is 1.75. The Kier molecular flexibility index (Phi) is 7.89. The summed E-state index contributed by atoms with van der Waals surface area (Å²) >= 11 is 0. The van der Waals surface area contributed by atoms with Gasteiger partial charge in [0.05, 0.1) is 22.8 Å². The first-order valence-corrected chi connectivity index (χ1v) is 11.6. The van der Waals surface area contributed by atoms with Crippen molar-refractivity contribution in [2.24, 2.45) is 7.05 Å². The number of hydrogen-bond acceptors (Lipinski definition) is 6. The van der Waals surface area contributed by atoms with Crippen LogP contribution in [-0.2, 0) is 24.2 Å². The number of carboxylic acids is 1. The van der Waals surface area contributed by atoms with E-state index in [1.807, 2.05) is 0 Å². The summed E-state index contributed by atoms with van der Waals surface area (Å²) in [5, 5.41) is 10.4. The predicted molar refractivity (Wildman–Crippen MR) is 136 cm³/mol.